The normalized spacial score (nSPS) is 10.5. The first kappa shape index (κ1) is 13.8. The summed E-state index contributed by atoms with van der Waals surface area (Å²) in [5, 5.41) is 11.4. The Hall–Kier alpha value is -1.61. The van der Waals surface area contributed by atoms with E-state index in [1.165, 1.54) is 0 Å². The van der Waals surface area contributed by atoms with Crippen molar-refractivity contribution in [2.45, 2.75) is 20.3 Å². The first-order chi connectivity index (χ1) is 9.04. The minimum absolute atomic E-state index is 0.245. The second-order valence-corrected chi connectivity index (χ2v) is 5.30. The summed E-state index contributed by atoms with van der Waals surface area (Å²) in [4.78, 5) is 11.4. The van der Waals surface area contributed by atoms with Crippen molar-refractivity contribution in [3.8, 4) is 11.1 Å². The van der Waals surface area contributed by atoms with Gasteiger partial charge in [-0.2, -0.15) is 0 Å². The van der Waals surface area contributed by atoms with Crippen molar-refractivity contribution in [1.29, 1.82) is 0 Å². The van der Waals surface area contributed by atoms with Gasteiger partial charge < -0.3 is 9.90 Å². The lowest BCUT2D eigenvalue weighted by Gasteiger charge is -2.15. The fourth-order valence-corrected chi connectivity index (χ4v) is 2.78. The molecule has 3 heteroatoms. The third-order valence-corrected chi connectivity index (χ3v) is 3.96. The van der Waals surface area contributed by atoms with Gasteiger partial charge in [0.15, 0.2) is 0 Å². The van der Waals surface area contributed by atoms with Crippen molar-refractivity contribution in [2.75, 3.05) is 0 Å². The van der Waals surface area contributed by atoms with Gasteiger partial charge >= 0.3 is 0 Å². The van der Waals surface area contributed by atoms with Gasteiger partial charge in [-0.3, -0.25) is 0 Å². The number of aryl methyl sites for hydroxylation is 2. The fourth-order valence-electron chi connectivity index (χ4n) is 2.16. The van der Waals surface area contributed by atoms with Crippen molar-refractivity contribution in [2.24, 2.45) is 0 Å². The number of hydrogen-bond acceptors (Lipinski definition) is 2. The number of benzene rings is 2. The number of halogens is 1. The zero-order valence-corrected chi connectivity index (χ0v) is 12.5. The number of carboxylic acids is 1. The molecule has 19 heavy (non-hydrogen) atoms. The number of carboxylic acid groups (broad SMARTS) is 1. The maximum absolute atomic E-state index is 11.4. The van der Waals surface area contributed by atoms with Crippen LogP contribution in [0.2, 0.25) is 0 Å². The van der Waals surface area contributed by atoms with Gasteiger partial charge in [-0.25, -0.2) is 0 Å². The van der Waals surface area contributed by atoms with Crippen LogP contribution in [0.4, 0.5) is 0 Å². The molecule has 98 valence electrons. The summed E-state index contributed by atoms with van der Waals surface area (Å²) < 4.78 is 0.929. The van der Waals surface area contributed by atoms with E-state index in [0.29, 0.717) is 5.56 Å². The molecule has 0 aromatic heterocycles. The molecule has 0 fully saturated rings. The van der Waals surface area contributed by atoms with Gasteiger partial charge in [0.1, 0.15) is 0 Å². The molecule has 2 aromatic carbocycles. The molecule has 0 saturated heterocycles. The van der Waals surface area contributed by atoms with Crippen molar-refractivity contribution in [1.82, 2.24) is 0 Å². The van der Waals surface area contributed by atoms with Crippen LogP contribution in [-0.4, -0.2) is 5.97 Å². The van der Waals surface area contributed by atoms with Gasteiger partial charge in [0, 0.05) is 10.0 Å². The van der Waals surface area contributed by atoms with E-state index in [9.17, 15) is 9.90 Å². The zero-order chi connectivity index (χ0) is 14.0. The average molecular weight is 318 g/mol. The molecule has 2 rings (SSSR count). The van der Waals surface area contributed by atoms with Gasteiger partial charge in [-0.15, -0.1) is 0 Å². The van der Waals surface area contributed by atoms with Crippen molar-refractivity contribution < 1.29 is 9.90 Å². The number of rotatable bonds is 3. The lowest BCUT2D eigenvalue weighted by molar-refractivity contribution is -0.254. The Labute approximate surface area is 121 Å². The van der Waals surface area contributed by atoms with Crippen molar-refractivity contribution in [3.63, 3.8) is 0 Å². The molecule has 0 unspecified atom stereocenters. The van der Waals surface area contributed by atoms with E-state index in [2.05, 4.69) is 15.9 Å². The predicted octanol–water partition coefficient (Wildman–Crippen LogP) is 3.35. The molecule has 2 nitrogen and oxygen atoms in total. The number of carbonyl (C=O) groups is 1. The molecule has 0 atom stereocenters. The third kappa shape index (κ3) is 2.71. The van der Waals surface area contributed by atoms with Crippen LogP contribution in [0.5, 0.6) is 0 Å². The van der Waals surface area contributed by atoms with Crippen LogP contribution in [0, 0.1) is 6.92 Å². The van der Waals surface area contributed by atoms with E-state index < -0.39 is 5.97 Å². The molecule has 0 heterocycles. The number of hydrogen-bond donors (Lipinski definition) is 0. The van der Waals surface area contributed by atoms with E-state index in [4.69, 9.17) is 0 Å². The largest absolute Gasteiger partial charge is 0.545 e. The smallest absolute Gasteiger partial charge is 0.0721 e. The van der Waals surface area contributed by atoms with Crippen LogP contribution in [0.15, 0.2) is 40.9 Å². The van der Waals surface area contributed by atoms with E-state index >= 15 is 0 Å². The molecule has 0 saturated carbocycles. The highest BCUT2D eigenvalue weighted by Crippen LogP contribution is 2.31. The standard InChI is InChI=1S/C16H15BrO2/c1-3-11-8-14(16(18)19)13(9-15(11)17)12-7-5-4-6-10(12)2/h4-9H,3H2,1-2H3,(H,18,19)/p-1. The second kappa shape index (κ2) is 5.57. The molecule has 0 aliphatic carbocycles. The summed E-state index contributed by atoms with van der Waals surface area (Å²) in [6, 6.07) is 11.3. The second-order valence-electron chi connectivity index (χ2n) is 4.45. The van der Waals surface area contributed by atoms with Crippen LogP contribution < -0.4 is 5.11 Å². The molecule has 0 radical (unpaired) electrons. The summed E-state index contributed by atoms with van der Waals surface area (Å²) in [7, 11) is 0. The fraction of sp³-hybridized carbons (Fsp3) is 0.188. The zero-order valence-electron chi connectivity index (χ0n) is 10.9. The van der Waals surface area contributed by atoms with Crippen molar-refractivity contribution in [3.05, 3.63) is 57.6 Å². The van der Waals surface area contributed by atoms with Crippen LogP contribution in [-0.2, 0) is 6.42 Å². The number of carbonyl (C=O) groups excluding carboxylic acids is 1. The highest BCUT2D eigenvalue weighted by Gasteiger charge is 2.11. The lowest BCUT2D eigenvalue weighted by Crippen LogP contribution is -2.23. The Morgan fingerprint density at radius 1 is 1.21 bits per heavy atom. The minimum atomic E-state index is -1.14. The average Bonchev–Trinajstić information content (AvgIpc) is 2.38. The van der Waals surface area contributed by atoms with Gasteiger partial charge in [0.05, 0.1) is 5.97 Å². The third-order valence-electron chi connectivity index (χ3n) is 3.22. The topological polar surface area (TPSA) is 40.1 Å². The Morgan fingerprint density at radius 3 is 2.47 bits per heavy atom. The molecule has 2 aromatic rings. The molecule has 0 N–H and O–H groups in total. The lowest BCUT2D eigenvalue weighted by atomic mass is 9.94. The highest BCUT2D eigenvalue weighted by molar-refractivity contribution is 9.10. The summed E-state index contributed by atoms with van der Waals surface area (Å²) >= 11 is 3.50. The molecule has 0 aliphatic heterocycles. The Morgan fingerprint density at radius 2 is 1.89 bits per heavy atom. The maximum atomic E-state index is 11.4. The van der Waals surface area contributed by atoms with E-state index in [1.807, 2.05) is 44.2 Å². The van der Waals surface area contributed by atoms with Gasteiger partial charge in [0.2, 0.25) is 0 Å². The monoisotopic (exact) mass is 317 g/mol. The predicted molar refractivity (Wildman–Crippen MR) is 78.0 cm³/mol. The molecule has 0 amide bonds. The quantitative estimate of drug-likeness (QED) is 0.871. The maximum Gasteiger partial charge on any atom is 0.0721 e. The SMILES string of the molecule is CCc1cc(C(=O)[O-])c(-c2ccccc2C)cc1Br. The first-order valence-corrected chi connectivity index (χ1v) is 6.93. The first-order valence-electron chi connectivity index (χ1n) is 6.14. The van der Waals surface area contributed by atoms with Crippen LogP contribution in [0.1, 0.15) is 28.4 Å². The van der Waals surface area contributed by atoms with E-state index in [1.54, 1.807) is 6.07 Å². The van der Waals surface area contributed by atoms with Gasteiger partial charge in [0.25, 0.3) is 0 Å². The van der Waals surface area contributed by atoms with Crippen LogP contribution in [0.25, 0.3) is 11.1 Å². The summed E-state index contributed by atoms with van der Waals surface area (Å²) in [6.45, 7) is 3.96. The summed E-state index contributed by atoms with van der Waals surface area (Å²) in [5.74, 6) is -1.14. The summed E-state index contributed by atoms with van der Waals surface area (Å²) in [5.41, 5.74) is 3.87. The number of aromatic carboxylic acids is 1. The van der Waals surface area contributed by atoms with Crippen LogP contribution >= 0.6 is 15.9 Å². The van der Waals surface area contributed by atoms with Crippen molar-refractivity contribution >= 4 is 21.9 Å². The molecular weight excluding hydrogens is 304 g/mol. The Kier molecular flexibility index (Phi) is 4.05. The molecule has 0 aliphatic rings. The minimum Gasteiger partial charge on any atom is -0.545 e. The Bertz CT molecular complexity index is 633. The van der Waals surface area contributed by atoms with E-state index in [0.717, 1.165) is 27.6 Å². The highest BCUT2D eigenvalue weighted by atomic mass is 79.9. The van der Waals surface area contributed by atoms with E-state index in [-0.39, 0.29) is 5.56 Å². The summed E-state index contributed by atoms with van der Waals surface area (Å²) in [6.07, 6.45) is 0.773. The Balaban J connectivity index is 2.72. The van der Waals surface area contributed by atoms with Gasteiger partial charge in [-0.1, -0.05) is 47.1 Å². The molecule has 0 spiro atoms. The van der Waals surface area contributed by atoms with Gasteiger partial charge in [-0.05, 0) is 47.7 Å². The molecule has 0 bridgehead atoms. The molecular formula is C16H14BrO2-. The van der Waals surface area contributed by atoms with Crippen LogP contribution in [0.3, 0.4) is 0 Å².